The summed E-state index contributed by atoms with van der Waals surface area (Å²) in [5.74, 6) is -0.157. The van der Waals surface area contributed by atoms with Crippen molar-refractivity contribution >= 4 is 11.6 Å². The zero-order chi connectivity index (χ0) is 20.4. The number of hydrogen-bond donors (Lipinski definition) is 0. The van der Waals surface area contributed by atoms with Crippen molar-refractivity contribution in [2.24, 2.45) is 5.41 Å². The Morgan fingerprint density at radius 2 is 1.93 bits per heavy atom. The van der Waals surface area contributed by atoms with E-state index in [0.717, 1.165) is 0 Å². The molecule has 2 saturated heterocycles. The quantitative estimate of drug-likeness (QED) is 0.788. The van der Waals surface area contributed by atoms with Crippen LogP contribution in [0.2, 0.25) is 0 Å². The van der Waals surface area contributed by atoms with Gasteiger partial charge in [-0.25, -0.2) is 8.78 Å². The summed E-state index contributed by atoms with van der Waals surface area (Å²) in [5.41, 5.74) is 0.901. The first kappa shape index (κ1) is 19.8. The highest BCUT2D eigenvalue weighted by atomic mass is 19.1. The number of methoxy groups -OCH3 is 1. The second kappa shape index (κ2) is 8.08. The normalized spacial score (nSPS) is 22.9. The van der Waals surface area contributed by atoms with E-state index in [1.807, 2.05) is 0 Å². The lowest BCUT2D eigenvalue weighted by Gasteiger charge is -2.31. The molecule has 29 heavy (non-hydrogen) atoms. The van der Waals surface area contributed by atoms with Gasteiger partial charge in [0.1, 0.15) is 17.4 Å². The first-order chi connectivity index (χ1) is 14.0. The van der Waals surface area contributed by atoms with Crippen LogP contribution in [0.1, 0.15) is 12.0 Å². The van der Waals surface area contributed by atoms with E-state index in [9.17, 15) is 13.6 Å². The minimum Gasteiger partial charge on any atom is -0.497 e. The fourth-order valence-electron chi connectivity index (χ4n) is 4.20. The van der Waals surface area contributed by atoms with Crippen LogP contribution < -0.4 is 9.64 Å². The number of rotatable bonds is 4. The van der Waals surface area contributed by atoms with Crippen molar-refractivity contribution in [3.8, 4) is 5.75 Å². The number of nitrogens with zero attached hydrogens (tertiary/aromatic N) is 2. The van der Waals surface area contributed by atoms with E-state index in [-0.39, 0.29) is 23.0 Å². The molecule has 0 radical (unpaired) electrons. The maximum absolute atomic E-state index is 14.4. The fraction of sp³-hybridized carbons (Fsp3) is 0.409. The van der Waals surface area contributed by atoms with Gasteiger partial charge in [0.25, 0.3) is 0 Å². The SMILES string of the molecule is COc1ccc(CN2CCOCC3(CC(=O)N(c4ccc(F)cc4)C3)C2)c(F)c1. The Bertz CT molecular complexity index is 890. The van der Waals surface area contributed by atoms with E-state index >= 15 is 0 Å². The first-order valence-corrected chi connectivity index (χ1v) is 9.66. The molecule has 2 aliphatic heterocycles. The molecule has 5 nitrogen and oxygen atoms in total. The number of benzene rings is 2. The van der Waals surface area contributed by atoms with E-state index in [4.69, 9.17) is 9.47 Å². The lowest BCUT2D eigenvalue weighted by Crippen LogP contribution is -2.40. The van der Waals surface area contributed by atoms with Crippen LogP contribution in [-0.4, -0.2) is 50.8 Å². The molecule has 2 aromatic rings. The van der Waals surface area contributed by atoms with E-state index in [0.29, 0.717) is 62.8 Å². The van der Waals surface area contributed by atoms with Gasteiger partial charge in [0.15, 0.2) is 0 Å². The van der Waals surface area contributed by atoms with Crippen LogP contribution in [0.3, 0.4) is 0 Å². The van der Waals surface area contributed by atoms with E-state index in [1.165, 1.54) is 25.3 Å². The lowest BCUT2D eigenvalue weighted by atomic mass is 9.87. The third kappa shape index (κ3) is 4.26. The molecule has 0 N–H and O–H groups in total. The van der Waals surface area contributed by atoms with Crippen LogP contribution in [0, 0.1) is 17.0 Å². The summed E-state index contributed by atoms with van der Waals surface area (Å²) in [6.07, 6.45) is 0.353. The molecular formula is C22H24F2N2O3. The Morgan fingerprint density at radius 1 is 1.14 bits per heavy atom. The number of carbonyl (C=O) groups is 1. The van der Waals surface area contributed by atoms with Crippen LogP contribution in [0.15, 0.2) is 42.5 Å². The summed E-state index contributed by atoms with van der Waals surface area (Å²) in [6.45, 7) is 3.23. The molecule has 0 saturated carbocycles. The third-order valence-corrected chi connectivity index (χ3v) is 5.63. The topological polar surface area (TPSA) is 42.0 Å². The van der Waals surface area contributed by atoms with Gasteiger partial charge in [0.2, 0.25) is 5.91 Å². The molecule has 2 heterocycles. The third-order valence-electron chi connectivity index (χ3n) is 5.63. The van der Waals surface area contributed by atoms with Crippen molar-refractivity contribution in [2.75, 3.05) is 44.9 Å². The summed E-state index contributed by atoms with van der Waals surface area (Å²) in [6, 6.07) is 10.8. The van der Waals surface area contributed by atoms with Crippen LogP contribution in [-0.2, 0) is 16.1 Å². The molecule has 0 aromatic heterocycles. The van der Waals surface area contributed by atoms with Crippen molar-refractivity contribution < 1.29 is 23.0 Å². The van der Waals surface area contributed by atoms with Crippen molar-refractivity contribution in [1.82, 2.24) is 4.90 Å². The van der Waals surface area contributed by atoms with Gasteiger partial charge in [0, 0.05) is 55.3 Å². The highest BCUT2D eigenvalue weighted by Crippen LogP contribution is 2.37. The standard InChI is InChI=1S/C22H24F2N2O3/c1-28-19-7-2-16(20(24)10-19)12-25-8-9-29-15-22(13-25)11-21(27)26(14-22)18-5-3-17(23)4-6-18/h2-7,10H,8-9,11-15H2,1H3. The predicted molar refractivity (Wildman–Crippen MR) is 105 cm³/mol. The van der Waals surface area contributed by atoms with Gasteiger partial charge in [-0.1, -0.05) is 6.07 Å². The molecule has 0 aliphatic carbocycles. The van der Waals surface area contributed by atoms with Gasteiger partial charge in [-0.15, -0.1) is 0 Å². The van der Waals surface area contributed by atoms with Crippen LogP contribution in [0.5, 0.6) is 5.75 Å². The maximum Gasteiger partial charge on any atom is 0.227 e. The van der Waals surface area contributed by atoms with Crippen LogP contribution >= 0.6 is 0 Å². The zero-order valence-corrected chi connectivity index (χ0v) is 16.4. The summed E-state index contributed by atoms with van der Waals surface area (Å²) in [5, 5.41) is 0. The Balaban J connectivity index is 1.51. The van der Waals surface area contributed by atoms with E-state index in [1.54, 1.807) is 29.2 Å². The number of halogens is 2. The second-order valence-electron chi connectivity index (χ2n) is 7.85. The van der Waals surface area contributed by atoms with Gasteiger partial charge in [0.05, 0.1) is 20.3 Å². The Morgan fingerprint density at radius 3 is 2.66 bits per heavy atom. The van der Waals surface area contributed by atoms with Crippen molar-refractivity contribution in [3.05, 3.63) is 59.7 Å². The molecule has 1 unspecified atom stereocenters. The number of ether oxygens (including phenoxy) is 2. The summed E-state index contributed by atoms with van der Waals surface area (Å²) >= 11 is 0. The molecule has 7 heteroatoms. The van der Waals surface area contributed by atoms with Gasteiger partial charge < -0.3 is 14.4 Å². The minimum atomic E-state index is -0.370. The van der Waals surface area contributed by atoms with Crippen molar-refractivity contribution in [1.29, 1.82) is 0 Å². The summed E-state index contributed by atoms with van der Waals surface area (Å²) < 4.78 is 38.5. The molecule has 2 aliphatic rings. The Hall–Kier alpha value is -2.51. The molecule has 154 valence electrons. The fourth-order valence-corrected chi connectivity index (χ4v) is 4.20. The van der Waals surface area contributed by atoms with Gasteiger partial charge in [-0.3, -0.25) is 9.69 Å². The van der Waals surface area contributed by atoms with Gasteiger partial charge in [-0.2, -0.15) is 0 Å². The van der Waals surface area contributed by atoms with Crippen molar-refractivity contribution in [2.45, 2.75) is 13.0 Å². The second-order valence-corrected chi connectivity index (χ2v) is 7.85. The smallest absolute Gasteiger partial charge is 0.227 e. The molecule has 1 spiro atoms. The lowest BCUT2D eigenvalue weighted by molar-refractivity contribution is -0.118. The molecule has 1 amide bonds. The Labute approximate surface area is 168 Å². The average molecular weight is 402 g/mol. The highest BCUT2D eigenvalue weighted by molar-refractivity contribution is 5.96. The summed E-state index contributed by atoms with van der Waals surface area (Å²) in [7, 11) is 1.51. The average Bonchev–Trinajstić information content (AvgIpc) is 2.90. The van der Waals surface area contributed by atoms with Crippen LogP contribution in [0.25, 0.3) is 0 Å². The molecule has 4 rings (SSSR count). The molecule has 2 aromatic carbocycles. The Kier molecular flexibility index (Phi) is 5.52. The highest BCUT2D eigenvalue weighted by Gasteiger charge is 2.46. The largest absolute Gasteiger partial charge is 0.497 e. The summed E-state index contributed by atoms with van der Waals surface area (Å²) in [4.78, 5) is 16.6. The molecule has 0 bridgehead atoms. The monoisotopic (exact) mass is 402 g/mol. The maximum atomic E-state index is 14.4. The predicted octanol–water partition coefficient (Wildman–Crippen LogP) is 3.23. The number of anilines is 1. The van der Waals surface area contributed by atoms with Crippen molar-refractivity contribution in [3.63, 3.8) is 0 Å². The van der Waals surface area contributed by atoms with E-state index < -0.39 is 0 Å². The first-order valence-electron chi connectivity index (χ1n) is 9.66. The molecule has 2 fully saturated rings. The van der Waals surface area contributed by atoms with Gasteiger partial charge >= 0.3 is 0 Å². The van der Waals surface area contributed by atoms with Crippen LogP contribution in [0.4, 0.5) is 14.5 Å². The zero-order valence-electron chi connectivity index (χ0n) is 16.4. The van der Waals surface area contributed by atoms with Gasteiger partial charge in [-0.05, 0) is 30.3 Å². The molecular weight excluding hydrogens is 378 g/mol. The molecule has 1 atom stereocenters. The number of carbonyl (C=O) groups excluding carboxylic acids is 1. The number of hydrogen-bond acceptors (Lipinski definition) is 4. The minimum absolute atomic E-state index is 0.00214. The van der Waals surface area contributed by atoms with E-state index in [2.05, 4.69) is 4.90 Å². The number of amides is 1.